The summed E-state index contributed by atoms with van der Waals surface area (Å²) in [6, 6.07) is 1.90. The van der Waals surface area contributed by atoms with E-state index in [0.29, 0.717) is 17.9 Å². The number of piperidine rings is 1. The molecule has 2 N–H and O–H groups in total. The summed E-state index contributed by atoms with van der Waals surface area (Å²) in [6.45, 7) is 7.47. The van der Waals surface area contributed by atoms with Gasteiger partial charge in [-0.3, -0.25) is 4.79 Å². The second-order valence-electron chi connectivity index (χ2n) is 5.50. The van der Waals surface area contributed by atoms with Gasteiger partial charge in [0, 0.05) is 19.1 Å². The van der Waals surface area contributed by atoms with Crippen molar-refractivity contribution in [3.05, 3.63) is 23.7 Å². The molecule has 2 rings (SSSR count). The molecule has 18 heavy (non-hydrogen) atoms. The highest BCUT2D eigenvalue weighted by atomic mass is 35.5. The van der Waals surface area contributed by atoms with E-state index in [1.54, 1.807) is 12.3 Å². The van der Waals surface area contributed by atoms with Crippen LogP contribution in [-0.4, -0.2) is 29.9 Å². The molecule has 2 heterocycles. The number of likely N-dealkylation sites (tertiary alicyclic amines) is 1. The van der Waals surface area contributed by atoms with E-state index in [0.717, 1.165) is 13.0 Å². The van der Waals surface area contributed by atoms with E-state index < -0.39 is 0 Å². The summed E-state index contributed by atoms with van der Waals surface area (Å²) in [6.07, 6.45) is 2.42. The Morgan fingerprint density at radius 2 is 2.22 bits per heavy atom. The predicted octanol–water partition coefficient (Wildman–Crippen LogP) is 2.21. The lowest BCUT2D eigenvalue weighted by atomic mass is 9.79. The Morgan fingerprint density at radius 1 is 1.56 bits per heavy atom. The lowest BCUT2D eigenvalue weighted by molar-refractivity contribution is 0.0531. The number of hydrogen-bond acceptors (Lipinski definition) is 3. The van der Waals surface area contributed by atoms with E-state index in [1.807, 2.05) is 11.8 Å². The van der Waals surface area contributed by atoms with Gasteiger partial charge in [-0.15, -0.1) is 12.4 Å². The zero-order valence-electron chi connectivity index (χ0n) is 11.1. The van der Waals surface area contributed by atoms with Gasteiger partial charge in [0.2, 0.25) is 0 Å². The second-order valence-corrected chi connectivity index (χ2v) is 5.50. The minimum atomic E-state index is -0.0223. The molecule has 0 spiro atoms. The molecule has 1 fully saturated rings. The topological polar surface area (TPSA) is 59.5 Å². The molecule has 102 valence electrons. The normalized spacial score (nSPS) is 22.4. The molecule has 1 amide bonds. The average Bonchev–Trinajstić information content (AvgIpc) is 2.67. The van der Waals surface area contributed by atoms with E-state index in [4.69, 9.17) is 10.2 Å². The third-order valence-corrected chi connectivity index (χ3v) is 3.69. The molecule has 1 aliphatic rings. The molecule has 1 atom stereocenters. The molecule has 1 aromatic rings. The van der Waals surface area contributed by atoms with Crippen LogP contribution in [0.2, 0.25) is 0 Å². The van der Waals surface area contributed by atoms with E-state index >= 15 is 0 Å². The standard InChI is InChI=1S/C13H20N2O2.ClH/c1-9-10(5-7-17-9)12(16)15-6-4-11(14)13(2,3)8-15;/h5,7,11H,4,6,8,14H2,1-3H3;1H. The third kappa shape index (κ3) is 2.70. The predicted molar refractivity (Wildman–Crippen MR) is 73.0 cm³/mol. The number of carbonyl (C=O) groups is 1. The zero-order valence-corrected chi connectivity index (χ0v) is 11.9. The van der Waals surface area contributed by atoms with Crippen LogP contribution in [0.25, 0.3) is 0 Å². The van der Waals surface area contributed by atoms with Gasteiger partial charge >= 0.3 is 0 Å². The van der Waals surface area contributed by atoms with Gasteiger partial charge in [0.05, 0.1) is 11.8 Å². The van der Waals surface area contributed by atoms with Gasteiger partial charge in [-0.1, -0.05) is 13.8 Å². The van der Waals surface area contributed by atoms with Crippen LogP contribution in [0, 0.1) is 12.3 Å². The molecule has 1 saturated heterocycles. The van der Waals surface area contributed by atoms with E-state index in [9.17, 15) is 4.79 Å². The second kappa shape index (κ2) is 5.33. The van der Waals surface area contributed by atoms with Crippen molar-refractivity contribution in [2.45, 2.75) is 33.2 Å². The van der Waals surface area contributed by atoms with Crippen LogP contribution in [0.1, 0.15) is 36.4 Å². The van der Waals surface area contributed by atoms with E-state index in [2.05, 4.69) is 13.8 Å². The summed E-state index contributed by atoms with van der Waals surface area (Å²) in [5.74, 6) is 0.735. The molecule has 1 aromatic heterocycles. The van der Waals surface area contributed by atoms with Gasteiger partial charge in [0.15, 0.2) is 0 Å². The van der Waals surface area contributed by atoms with Gasteiger partial charge < -0.3 is 15.1 Å². The van der Waals surface area contributed by atoms with Crippen molar-refractivity contribution in [3.8, 4) is 0 Å². The Bertz CT molecular complexity index is 428. The summed E-state index contributed by atoms with van der Waals surface area (Å²) in [4.78, 5) is 14.2. The van der Waals surface area contributed by atoms with Gasteiger partial charge in [0.25, 0.3) is 5.91 Å². The fourth-order valence-corrected chi connectivity index (χ4v) is 2.32. The van der Waals surface area contributed by atoms with Gasteiger partial charge in [-0.25, -0.2) is 0 Å². The first-order valence-electron chi connectivity index (χ1n) is 6.01. The minimum Gasteiger partial charge on any atom is -0.469 e. The number of furan rings is 1. The first kappa shape index (κ1) is 15.1. The first-order chi connectivity index (χ1) is 7.92. The van der Waals surface area contributed by atoms with Gasteiger partial charge in [-0.2, -0.15) is 0 Å². The highest BCUT2D eigenvalue weighted by molar-refractivity contribution is 5.95. The van der Waals surface area contributed by atoms with Crippen molar-refractivity contribution >= 4 is 18.3 Å². The Kier molecular flexibility index (Phi) is 4.46. The summed E-state index contributed by atoms with van der Waals surface area (Å²) in [5.41, 5.74) is 6.71. The largest absolute Gasteiger partial charge is 0.469 e. The molecule has 0 aliphatic carbocycles. The van der Waals surface area contributed by atoms with Crippen LogP contribution in [0.4, 0.5) is 0 Å². The summed E-state index contributed by atoms with van der Waals surface area (Å²) < 4.78 is 5.18. The number of rotatable bonds is 1. The maximum Gasteiger partial charge on any atom is 0.257 e. The average molecular weight is 273 g/mol. The van der Waals surface area contributed by atoms with Crippen LogP contribution in [0.15, 0.2) is 16.7 Å². The highest BCUT2D eigenvalue weighted by Crippen LogP contribution is 2.29. The molecule has 0 aromatic carbocycles. The number of hydrogen-bond donors (Lipinski definition) is 1. The van der Waals surface area contributed by atoms with Crippen LogP contribution < -0.4 is 5.73 Å². The van der Waals surface area contributed by atoms with Gasteiger partial charge in [0.1, 0.15) is 5.76 Å². The number of nitrogens with zero attached hydrogens (tertiary/aromatic N) is 1. The zero-order chi connectivity index (χ0) is 12.6. The highest BCUT2D eigenvalue weighted by Gasteiger charge is 2.36. The maximum absolute atomic E-state index is 12.3. The number of carbonyl (C=O) groups excluding carboxylic acids is 1. The fraction of sp³-hybridized carbons (Fsp3) is 0.615. The molecule has 1 unspecified atom stereocenters. The van der Waals surface area contributed by atoms with Crippen molar-refractivity contribution in [1.29, 1.82) is 0 Å². The fourth-order valence-electron chi connectivity index (χ4n) is 2.32. The molecular formula is C13H21ClN2O2. The number of amides is 1. The minimum absolute atomic E-state index is 0. The summed E-state index contributed by atoms with van der Waals surface area (Å²) in [5, 5.41) is 0. The molecule has 1 aliphatic heterocycles. The quantitative estimate of drug-likeness (QED) is 0.853. The van der Waals surface area contributed by atoms with Crippen molar-refractivity contribution in [3.63, 3.8) is 0 Å². The Morgan fingerprint density at radius 3 is 2.72 bits per heavy atom. The Balaban J connectivity index is 0.00000162. The molecule has 4 nitrogen and oxygen atoms in total. The van der Waals surface area contributed by atoms with Crippen LogP contribution in [0.3, 0.4) is 0 Å². The van der Waals surface area contributed by atoms with Crippen molar-refractivity contribution < 1.29 is 9.21 Å². The molecule has 5 heteroatoms. The van der Waals surface area contributed by atoms with Crippen LogP contribution >= 0.6 is 12.4 Å². The molecule has 0 radical (unpaired) electrons. The number of nitrogens with two attached hydrogens (primary N) is 1. The lowest BCUT2D eigenvalue weighted by Gasteiger charge is -2.42. The summed E-state index contributed by atoms with van der Waals surface area (Å²) >= 11 is 0. The SMILES string of the molecule is Cc1occc1C(=O)N1CCC(N)C(C)(C)C1.Cl. The first-order valence-corrected chi connectivity index (χ1v) is 6.01. The lowest BCUT2D eigenvalue weighted by Crippen LogP contribution is -2.54. The monoisotopic (exact) mass is 272 g/mol. The smallest absolute Gasteiger partial charge is 0.257 e. The van der Waals surface area contributed by atoms with E-state index in [1.165, 1.54) is 0 Å². The third-order valence-electron chi connectivity index (χ3n) is 3.69. The molecular weight excluding hydrogens is 252 g/mol. The Labute approximate surface area is 114 Å². The number of aryl methyl sites for hydroxylation is 1. The maximum atomic E-state index is 12.3. The van der Waals surface area contributed by atoms with Crippen molar-refractivity contribution in [2.24, 2.45) is 11.1 Å². The number of halogens is 1. The molecule has 0 bridgehead atoms. The van der Waals surface area contributed by atoms with Crippen molar-refractivity contribution in [2.75, 3.05) is 13.1 Å². The molecule has 0 saturated carbocycles. The van der Waals surface area contributed by atoms with Crippen LogP contribution in [-0.2, 0) is 0 Å². The van der Waals surface area contributed by atoms with Gasteiger partial charge in [-0.05, 0) is 24.8 Å². The Hall–Kier alpha value is -1.00. The van der Waals surface area contributed by atoms with Crippen molar-refractivity contribution in [1.82, 2.24) is 4.90 Å². The summed E-state index contributed by atoms with van der Waals surface area (Å²) in [7, 11) is 0. The van der Waals surface area contributed by atoms with E-state index in [-0.39, 0.29) is 29.8 Å². The van der Waals surface area contributed by atoms with Crippen LogP contribution in [0.5, 0.6) is 0 Å².